The SMILES string of the molecule is CC(C)(C)OC(=O)CCCOCC(=O)O.CC(C)(C)OC(=O)NCCO.COC(=O)N1C(=O)C=CC1=O.NCCOCC(=O)O.NCCOCC(=O)O.O=C(O)CBr.O=C(O)COCCN1C(=O)C=CC1=O. The van der Waals surface area contributed by atoms with E-state index in [0.717, 1.165) is 24.2 Å². The smallest absolute Gasteiger partial charge is 0.423 e. The number of alkyl carbamates (subject to hydrolysis) is 1. The number of carboxylic acids is 5. The summed E-state index contributed by atoms with van der Waals surface area (Å²) < 4.78 is 32.6. The highest BCUT2D eigenvalue weighted by molar-refractivity contribution is 9.09. The van der Waals surface area contributed by atoms with E-state index in [-0.39, 0.29) is 70.5 Å². The first-order valence-corrected chi connectivity index (χ1v) is 21.8. The first-order chi connectivity index (χ1) is 33.3. The summed E-state index contributed by atoms with van der Waals surface area (Å²) in [7, 11) is 1.10. The Kier molecular flexibility index (Phi) is 47.2. The molecule has 0 aromatic rings. The number of nitrogens with one attached hydrogen (secondary N) is 1. The second-order valence-electron chi connectivity index (χ2n) is 14.7. The Balaban J connectivity index is -0.000000248. The molecule has 11 N–H and O–H groups in total. The summed E-state index contributed by atoms with van der Waals surface area (Å²) in [6.45, 7) is 11.4. The van der Waals surface area contributed by atoms with Crippen molar-refractivity contribution in [3.63, 3.8) is 0 Å². The first kappa shape index (κ1) is 74.5. The van der Waals surface area contributed by atoms with Crippen molar-refractivity contribution in [2.75, 3.05) is 98.1 Å². The van der Waals surface area contributed by atoms with E-state index in [9.17, 15) is 57.5 Å². The fourth-order valence-electron chi connectivity index (χ4n) is 3.47. The van der Waals surface area contributed by atoms with Crippen molar-refractivity contribution in [2.24, 2.45) is 11.5 Å². The number of aliphatic hydroxyl groups is 1. The zero-order chi connectivity index (χ0) is 56.9. The van der Waals surface area contributed by atoms with E-state index in [1.54, 1.807) is 41.5 Å². The predicted octanol–water partition coefficient (Wildman–Crippen LogP) is -1.04. The normalized spacial score (nSPS) is 11.9. The number of nitrogens with zero attached hydrogens (tertiary/aromatic N) is 2. The lowest BCUT2D eigenvalue weighted by atomic mass is 10.2. The van der Waals surface area contributed by atoms with Crippen molar-refractivity contribution in [3.8, 4) is 0 Å². The average molecular weight is 1110 g/mol. The van der Waals surface area contributed by atoms with Gasteiger partial charge in [0.1, 0.15) is 43.0 Å². The number of hydrogen-bond acceptors (Lipinski definition) is 22. The standard InChI is InChI=1S/C10H18O5.C8H9NO5.C7H15NO3.C6H5NO4.2C4H9NO3.C2H3BrO2/c1-10(2,3)15-9(13)5-4-6-14-7-8(11)12;10-6-1-2-7(11)9(6)3-4-14-5-8(12)13;1-7(2,3)11-6(10)8-4-5-9;1-11-6(10)7-4(8)2-3-5(7)9;2*5-1-2-8-3-4(6)7;3-1-2(4)5/h4-7H2,1-3H3,(H,11,12);1-2H,3-5H2,(H,12,13);9H,4-5H2,1-3H3,(H,8,10);2-3H,1H3;2*1-3,5H2,(H,6,7);1H2,(H,4,5). The quantitative estimate of drug-likeness (QED) is 0.0206. The van der Waals surface area contributed by atoms with Crippen molar-refractivity contribution < 1.29 is 121 Å². The third-order valence-electron chi connectivity index (χ3n) is 5.94. The molecule has 6 amide bonds. The summed E-state index contributed by atoms with van der Waals surface area (Å²) >= 11 is 2.71. The Morgan fingerprint density at radius 2 is 0.958 bits per heavy atom. The molecule has 0 radical (unpaired) electrons. The van der Waals surface area contributed by atoms with Gasteiger partial charge in [-0.1, -0.05) is 15.9 Å². The predicted molar refractivity (Wildman–Crippen MR) is 249 cm³/mol. The molecular weight excluding hydrogens is 1040 g/mol. The Labute approximate surface area is 422 Å². The molecule has 414 valence electrons. The van der Waals surface area contributed by atoms with Crippen LogP contribution in [0.4, 0.5) is 9.59 Å². The number of nitrogens with two attached hydrogens (primary N) is 2. The number of methoxy groups -OCH3 is 1. The highest BCUT2D eigenvalue weighted by Gasteiger charge is 2.30. The summed E-state index contributed by atoms with van der Waals surface area (Å²) in [6, 6.07) is 0. The van der Waals surface area contributed by atoms with Crippen LogP contribution in [0.5, 0.6) is 0 Å². The van der Waals surface area contributed by atoms with Crippen LogP contribution in [0.25, 0.3) is 0 Å². The van der Waals surface area contributed by atoms with Crippen LogP contribution in [0.15, 0.2) is 24.3 Å². The maximum Gasteiger partial charge on any atom is 0.423 e. The van der Waals surface area contributed by atoms with Crippen molar-refractivity contribution in [2.45, 2.75) is 65.6 Å². The minimum atomic E-state index is -1.08. The zero-order valence-corrected chi connectivity index (χ0v) is 42.6. The molecule has 0 aromatic heterocycles. The molecule has 2 aliphatic rings. The van der Waals surface area contributed by atoms with Gasteiger partial charge in [0.05, 0.1) is 40.1 Å². The molecule has 0 aliphatic carbocycles. The zero-order valence-electron chi connectivity index (χ0n) is 41.0. The average Bonchev–Trinajstić information content (AvgIpc) is 3.78. The number of carbonyl (C=O) groups is 12. The van der Waals surface area contributed by atoms with E-state index in [2.05, 4.69) is 40.2 Å². The van der Waals surface area contributed by atoms with Gasteiger partial charge >= 0.3 is 48.0 Å². The van der Waals surface area contributed by atoms with E-state index in [1.807, 2.05) is 0 Å². The number of amides is 6. The number of rotatable bonds is 22. The maximum atomic E-state index is 11.2. The topological polar surface area (TPSA) is 461 Å². The largest absolute Gasteiger partial charge is 0.481 e. The van der Waals surface area contributed by atoms with Gasteiger partial charge in [0.15, 0.2) is 0 Å². The van der Waals surface area contributed by atoms with Crippen LogP contribution >= 0.6 is 15.9 Å². The minimum Gasteiger partial charge on any atom is -0.481 e. The van der Waals surface area contributed by atoms with Crippen LogP contribution in [0.2, 0.25) is 0 Å². The molecule has 2 heterocycles. The fraction of sp³-hybridized carbons (Fsp3) is 0.610. The van der Waals surface area contributed by atoms with Crippen LogP contribution < -0.4 is 16.8 Å². The lowest BCUT2D eigenvalue weighted by molar-refractivity contribution is -0.155. The number of ether oxygens (including phenoxy) is 7. The molecule has 72 heavy (non-hydrogen) atoms. The van der Waals surface area contributed by atoms with Crippen molar-refractivity contribution in [3.05, 3.63) is 24.3 Å². The van der Waals surface area contributed by atoms with Gasteiger partial charge in [-0.2, -0.15) is 4.90 Å². The number of carbonyl (C=O) groups excluding carboxylic acids is 7. The molecule has 0 fully saturated rings. The lowest BCUT2D eigenvalue weighted by Crippen LogP contribution is -2.35. The Morgan fingerprint density at radius 1 is 0.597 bits per heavy atom. The molecule has 0 spiro atoms. The van der Waals surface area contributed by atoms with Crippen LogP contribution in [0.3, 0.4) is 0 Å². The van der Waals surface area contributed by atoms with Gasteiger partial charge in [-0.15, -0.1) is 0 Å². The molecular formula is C41H68BrN5O25. The Hall–Kier alpha value is -6.48. The molecule has 0 saturated heterocycles. The summed E-state index contributed by atoms with van der Waals surface area (Å²) in [5.41, 5.74) is 9.05. The van der Waals surface area contributed by atoms with Gasteiger partial charge in [-0.25, -0.2) is 28.8 Å². The summed E-state index contributed by atoms with van der Waals surface area (Å²) in [5.74, 6) is -7.25. The minimum absolute atomic E-state index is 0.0332. The number of aliphatic carboxylic acids is 5. The van der Waals surface area contributed by atoms with E-state index < -0.39 is 83.5 Å². The first-order valence-electron chi connectivity index (χ1n) is 20.7. The molecule has 0 saturated carbocycles. The van der Waals surface area contributed by atoms with Gasteiger partial charge in [0.25, 0.3) is 23.6 Å². The molecule has 0 bridgehead atoms. The molecule has 30 nitrogen and oxygen atoms in total. The maximum absolute atomic E-state index is 11.2. The summed E-state index contributed by atoms with van der Waals surface area (Å²) in [6.07, 6.45) is 3.63. The number of carboxylic acid groups (broad SMARTS) is 5. The monoisotopic (exact) mass is 1110 g/mol. The highest BCUT2D eigenvalue weighted by atomic mass is 79.9. The highest BCUT2D eigenvalue weighted by Crippen LogP contribution is 2.09. The van der Waals surface area contributed by atoms with E-state index in [0.29, 0.717) is 37.6 Å². The van der Waals surface area contributed by atoms with Gasteiger partial charge in [-0.3, -0.25) is 33.7 Å². The van der Waals surface area contributed by atoms with Crippen molar-refractivity contribution in [1.29, 1.82) is 0 Å². The van der Waals surface area contributed by atoms with Crippen LogP contribution in [0.1, 0.15) is 54.4 Å². The van der Waals surface area contributed by atoms with Gasteiger partial charge in [0, 0.05) is 57.0 Å². The second-order valence-corrected chi connectivity index (χ2v) is 15.3. The van der Waals surface area contributed by atoms with Gasteiger partial charge in [-0.05, 0) is 48.0 Å². The van der Waals surface area contributed by atoms with E-state index >= 15 is 0 Å². The van der Waals surface area contributed by atoms with Crippen LogP contribution in [-0.4, -0.2) is 221 Å². The number of halogens is 1. The van der Waals surface area contributed by atoms with Gasteiger partial charge < -0.3 is 80.6 Å². The van der Waals surface area contributed by atoms with Gasteiger partial charge in [0.2, 0.25) is 0 Å². The summed E-state index contributed by atoms with van der Waals surface area (Å²) in [5, 5.41) is 50.9. The molecule has 0 aromatic carbocycles. The molecule has 2 aliphatic heterocycles. The number of alkyl halides is 1. The molecule has 2 rings (SSSR count). The van der Waals surface area contributed by atoms with E-state index in [4.69, 9.17) is 56.3 Å². The fourth-order valence-corrected chi connectivity index (χ4v) is 3.47. The molecule has 0 atom stereocenters. The van der Waals surface area contributed by atoms with Crippen molar-refractivity contribution in [1.82, 2.24) is 15.1 Å². The number of hydrogen-bond donors (Lipinski definition) is 9. The third-order valence-corrected chi connectivity index (χ3v) is 6.42. The summed E-state index contributed by atoms with van der Waals surface area (Å²) in [4.78, 5) is 126. The van der Waals surface area contributed by atoms with Crippen LogP contribution in [-0.2, 0) is 81.1 Å². The third kappa shape index (κ3) is 56.1. The number of esters is 1. The van der Waals surface area contributed by atoms with Crippen LogP contribution in [0, 0.1) is 0 Å². The Morgan fingerprint density at radius 3 is 1.28 bits per heavy atom. The Bertz CT molecular complexity index is 1690. The lowest BCUT2D eigenvalue weighted by Gasteiger charge is -2.19. The molecule has 31 heteroatoms. The number of aliphatic hydroxyl groups excluding tert-OH is 1. The van der Waals surface area contributed by atoms with E-state index in [1.165, 1.54) is 12.2 Å². The molecule has 0 unspecified atom stereocenters. The number of imide groups is 4. The second kappa shape index (κ2) is 45.6. The van der Waals surface area contributed by atoms with Crippen molar-refractivity contribution >= 4 is 87.6 Å².